The second-order valence-electron chi connectivity index (χ2n) is 3.76. The van der Waals surface area contributed by atoms with Crippen molar-refractivity contribution in [2.24, 2.45) is 5.92 Å². The lowest BCUT2D eigenvalue weighted by molar-refractivity contribution is 0.0685. The second-order valence-corrected chi connectivity index (χ2v) is 3.76. The van der Waals surface area contributed by atoms with Crippen molar-refractivity contribution < 1.29 is 19.8 Å². The Balaban J connectivity index is 2.58. The summed E-state index contributed by atoms with van der Waals surface area (Å²) in [7, 11) is 0. The van der Waals surface area contributed by atoms with E-state index in [0.717, 1.165) is 6.33 Å². The number of aromatic nitrogens is 2. The Hall–Kier alpha value is -1.89. The molecule has 4 N–H and O–H groups in total. The molecular formula is C10H15N3O4. The number of aromatic carboxylic acids is 1. The first-order chi connectivity index (χ1) is 8.06. The number of aliphatic hydroxyl groups is 1. The first-order valence-corrected chi connectivity index (χ1v) is 5.22. The van der Waals surface area contributed by atoms with Crippen molar-refractivity contribution in [3.8, 4) is 0 Å². The van der Waals surface area contributed by atoms with Gasteiger partial charge in [-0.05, 0) is 12.3 Å². The molecule has 7 heteroatoms. The normalized spacial score (nSPS) is 12.1. The molecule has 0 aromatic carbocycles. The van der Waals surface area contributed by atoms with Gasteiger partial charge in [0.2, 0.25) is 0 Å². The molecule has 0 fully saturated rings. The van der Waals surface area contributed by atoms with Crippen LogP contribution in [0.25, 0.3) is 0 Å². The summed E-state index contributed by atoms with van der Waals surface area (Å²) in [5.41, 5.74) is -0.356. The maximum Gasteiger partial charge on any atom is 0.354 e. The molecule has 1 rings (SSSR count). The van der Waals surface area contributed by atoms with E-state index in [4.69, 9.17) is 10.2 Å². The van der Waals surface area contributed by atoms with Crippen LogP contribution >= 0.6 is 0 Å². The number of H-pyrrole nitrogens is 1. The van der Waals surface area contributed by atoms with Gasteiger partial charge in [-0.25, -0.2) is 9.78 Å². The number of hydrogen-bond donors (Lipinski definition) is 4. The summed E-state index contributed by atoms with van der Waals surface area (Å²) in [4.78, 5) is 28.4. The zero-order valence-corrected chi connectivity index (χ0v) is 9.43. The van der Waals surface area contributed by atoms with Gasteiger partial charge < -0.3 is 20.5 Å². The van der Waals surface area contributed by atoms with Gasteiger partial charge in [-0.3, -0.25) is 4.79 Å². The first-order valence-electron chi connectivity index (χ1n) is 5.22. The predicted octanol–water partition coefficient (Wildman–Crippen LogP) is -0.144. The maximum atomic E-state index is 11.6. The Morgan fingerprint density at radius 1 is 1.59 bits per heavy atom. The van der Waals surface area contributed by atoms with Crippen molar-refractivity contribution in [2.45, 2.75) is 13.3 Å². The fourth-order valence-corrected chi connectivity index (χ4v) is 1.30. The number of imidazole rings is 1. The summed E-state index contributed by atoms with van der Waals surface area (Å²) < 4.78 is 0. The number of hydrogen-bond acceptors (Lipinski definition) is 4. The number of amides is 1. The van der Waals surface area contributed by atoms with Crippen LogP contribution in [0.4, 0.5) is 0 Å². The zero-order chi connectivity index (χ0) is 12.8. The molecule has 94 valence electrons. The average molecular weight is 241 g/mol. The number of carbonyl (C=O) groups excluding carboxylic acids is 1. The fraction of sp³-hybridized carbons (Fsp3) is 0.500. The Morgan fingerprint density at radius 2 is 2.29 bits per heavy atom. The van der Waals surface area contributed by atoms with Crippen molar-refractivity contribution in [1.29, 1.82) is 0 Å². The van der Waals surface area contributed by atoms with Gasteiger partial charge in [0.05, 0.1) is 6.33 Å². The lowest BCUT2D eigenvalue weighted by atomic mass is 10.1. The Kier molecular flexibility index (Phi) is 4.65. The highest BCUT2D eigenvalue weighted by molar-refractivity contribution is 6.02. The molecule has 0 bridgehead atoms. The minimum atomic E-state index is -1.23. The molecule has 1 unspecified atom stereocenters. The lowest BCUT2D eigenvalue weighted by Crippen LogP contribution is -2.30. The number of carboxylic acid groups (broad SMARTS) is 1. The lowest BCUT2D eigenvalue weighted by Gasteiger charge is -2.10. The third-order valence-electron chi connectivity index (χ3n) is 2.30. The third kappa shape index (κ3) is 3.56. The van der Waals surface area contributed by atoms with Crippen molar-refractivity contribution in [1.82, 2.24) is 15.3 Å². The number of carbonyl (C=O) groups is 2. The van der Waals surface area contributed by atoms with Crippen LogP contribution in [0.2, 0.25) is 0 Å². The van der Waals surface area contributed by atoms with Crippen molar-refractivity contribution in [3.63, 3.8) is 0 Å². The molecule has 1 atom stereocenters. The molecule has 0 aliphatic rings. The topological polar surface area (TPSA) is 115 Å². The Morgan fingerprint density at radius 3 is 2.88 bits per heavy atom. The Labute approximate surface area is 97.9 Å². The van der Waals surface area contributed by atoms with E-state index < -0.39 is 11.9 Å². The van der Waals surface area contributed by atoms with E-state index in [1.165, 1.54) is 0 Å². The van der Waals surface area contributed by atoms with E-state index in [9.17, 15) is 9.59 Å². The molecule has 17 heavy (non-hydrogen) atoms. The summed E-state index contributed by atoms with van der Waals surface area (Å²) in [5, 5.41) is 20.0. The standard InChI is InChI=1S/C10H15N3O4/c1-6(2-3-14)4-11-9(15)7-8(10(16)17)13-5-12-7/h5-6,14H,2-4H2,1H3,(H,11,15)(H,12,13)(H,16,17). The van der Waals surface area contributed by atoms with Gasteiger partial charge in [0.15, 0.2) is 11.4 Å². The maximum absolute atomic E-state index is 11.6. The van der Waals surface area contributed by atoms with Crippen LogP contribution in [0.15, 0.2) is 6.33 Å². The van der Waals surface area contributed by atoms with Crippen LogP contribution in [0.1, 0.15) is 34.3 Å². The summed E-state index contributed by atoms with van der Waals surface area (Å²) in [6.07, 6.45) is 1.74. The molecule has 1 aromatic heterocycles. The number of aliphatic hydroxyl groups excluding tert-OH is 1. The quantitative estimate of drug-likeness (QED) is 0.553. The molecule has 1 aromatic rings. The number of nitrogens with one attached hydrogen (secondary N) is 2. The van der Waals surface area contributed by atoms with Crippen LogP contribution in [-0.2, 0) is 0 Å². The summed E-state index contributed by atoms with van der Waals surface area (Å²) in [6.45, 7) is 2.30. The van der Waals surface area contributed by atoms with Gasteiger partial charge in [-0.1, -0.05) is 6.92 Å². The average Bonchev–Trinajstić information content (AvgIpc) is 2.75. The SMILES string of the molecule is CC(CCO)CNC(=O)c1nc[nH]c1C(=O)O. The van der Waals surface area contributed by atoms with E-state index in [1.54, 1.807) is 0 Å². The molecule has 0 saturated carbocycles. The van der Waals surface area contributed by atoms with E-state index in [0.29, 0.717) is 13.0 Å². The monoisotopic (exact) mass is 241 g/mol. The largest absolute Gasteiger partial charge is 0.477 e. The fourth-order valence-electron chi connectivity index (χ4n) is 1.30. The molecule has 0 spiro atoms. The van der Waals surface area contributed by atoms with E-state index >= 15 is 0 Å². The molecule has 1 heterocycles. The number of rotatable bonds is 6. The van der Waals surface area contributed by atoms with Crippen LogP contribution in [0, 0.1) is 5.92 Å². The van der Waals surface area contributed by atoms with Gasteiger partial charge in [-0.15, -0.1) is 0 Å². The highest BCUT2D eigenvalue weighted by Gasteiger charge is 2.19. The van der Waals surface area contributed by atoms with Gasteiger partial charge in [0.25, 0.3) is 5.91 Å². The highest BCUT2D eigenvalue weighted by Crippen LogP contribution is 2.04. The molecular weight excluding hydrogens is 226 g/mol. The van der Waals surface area contributed by atoms with Crippen molar-refractivity contribution in [3.05, 3.63) is 17.7 Å². The van der Waals surface area contributed by atoms with Crippen LogP contribution in [0.5, 0.6) is 0 Å². The predicted molar refractivity (Wildman–Crippen MR) is 58.7 cm³/mol. The van der Waals surface area contributed by atoms with Crippen molar-refractivity contribution in [2.75, 3.05) is 13.2 Å². The van der Waals surface area contributed by atoms with Gasteiger partial charge in [-0.2, -0.15) is 0 Å². The third-order valence-corrected chi connectivity index (χ3v) is 2.30. The Bertz CT molecular complexity index is 402. The van der Waals surface area contributed by atoms with E-state index in [1.807, 2.05) is 6.92 Å². The summed E-state index contributed by atoms with van der Waals surface area (Å²) >= 11 is 0. The number of nitrogens with zero attached hydrogens (tertiary/aromatic N) is 1. The number of carboxylic acids is 1. The molecule has 7 nitrogen and oxygen atoms in total. The summed E-state index contributed by atoms with van der Waals surface area (Å²) in [5.74, 6) is -1.64. The van der Waals surface area contributed by atoms with Gasteiger partial charge in [0, 0.05) is 13.2 Å². The van der Waals surface area contributed by atoms with E-state index in [-0.39, 0.29) is 23.9 Å². The van der Waals surface area contributed by atoms with Crippen molar-refractivity contribution >= 4 is 11.9 Å². The molecule has 0 radical (unpaired) electrons. The van der Waals surface area contributed by atoms with Crippen LogP contribution in [0.3, 0.4) is 0 Å². The smallest absolute Gasteiger partial charge is 0.354 e. The van der Waals surface area contributed by atoms with Crippen LogP contribution < -0.4 is 5.32 Å². The van der Waals surface area contributed by atoms with Gasteiger partial charge in [0.1, 0.15) is 0 Å². The van der Waals surface area contributed by atoms with Gasteiger partial charge >= 0.3 is 5.97 Å². The van der Waals surface area contributed by atoms with Crippen LogP contribution in [-0.4, -0.2) is 45.2 Å². The highest BCUT2D eigenvalue weighted by atomic mass is 16.4. The zero-order valence-electron chi connectivity index (χ0n) is 9.43. The minimum absolute atomic E-state index is 0.0554. The van der Waals surface area contributed by atoms with E-state index in [2.05, 4.69) is 15.3 Å². The first kappa shape index (κ1) is 13.2. The molecule has 0 aliphatic heterocycles. The second kappa shape index (κ2) is 6.00. The molecule has 0 saturated heterocycles. The molecule has 1 amide bonds. The summed E-state index contributed by atoms with van der Waals surface area (Å²) in [6, 6.07) is 0. The number of aromatic amines is 1. The molecule has 0 aliphatic carbocycles. The minimum Gasteiger partial charge on any atom is -0.477 e.